The van der Waals surface area contributed by atoms with Crippen LogP contribution in [0.3, 0.4) is 0 Å². The van der Waals surface area contributed by atoms with Gasteiger partial charge in [0, 0.05) is 12.4 Å². The summed E-state index contributed by atoms with van der Waals surface area (Å²) < 4.78 is 0. The minimum Gasteiger partial charge on any atom is -0.307 e. The maximum atomic E-state index is 5.26. The number of nitrogens with one attached hydrogen (secondary N) is 3. The molecule has 2 fully saturated rings. The summed E-state index contributed by atoms with van der Waals surface area (Å²) in [6, 6.07) is 11.3. The molecule has 3 atom stereocenters. The summed E-state index contributed by atoms with van der Waals surface area (Å²) in [7, 11) is 0. The van der Waals surface area contributed by atoms with Crippen LogP contribution in [0, 0.1) is 0 Å². The second-order valence-corrected chi connectivity index (χ2v) is 5.41. The van der Waals surface area contributed by atoms with E-state index >= 15 is 0 Å². The molecule has 5 nitrogen and oxygen atoms in total. The van der Waals surface area contributed by atoms with Gasteiger partial charge in [-0.25, -0.2) is 10.9 Å². The van der Waals surface area contributed by atoms with Crippen molar-refractivity contribution < 1.29 is 0 Å². The fourth-order valence-corrected chi connectivity index (χ4v) is 3.23. The van der Waals surface area contributed by atoms with E-state index in [1.165, 1.54) is 5.56 Å². The van der Waals surface area contributed by atoms with Crippen LogP contribution in [0.15, 0.2) is 42.7 Å². The van der Waals surface area contributed by atoms with E-state index in [-0.39, 0.29) is 6.17 Å². The SMILES string of the molecule is S=C1NNC2C3CC(c4ccccc4)NN3C=CN12. The Hall–Kier alpha value is -1.63. The number of benzene rings is 1. The Kier molecular flexibility index (Phi) is 2.48. The fourth-order valence-electron chi connectivity index (χ4n) is 3.00. The molecule has 3 aliphatic heterocycles. The van der Waals surface area contributed by atoms with Crippen molar-refractivity contribution in [3.05, 3.63) is 48.3 Å². The maximum Gasteiger partial charge on any atom is 0.189 e. The Morgan fingerprint density at radius 2 is 2.00 bits per heavy atom. The lowest BCUT2D eigenvalue weighted by Gasteiger charge is -2.35. The Morgan fingerprint density at radius 3 is 2.84 bits per heavy atom. The smallest absolute Gasteiger partial charge is 0.189 e. The summed E-state index contributed by atoms with van der Waals surface area (Å²) in [5.41, 5.74) is 11.2. The van der Waals surface area contributed by atoms with Crippen LogP contribution in [0.2, 0.25) is 0 Å². The quantitative estimate of drug-likeness (QED) is 0.658. The zero-order valence-electron chi connectivity index (χ0n) is 10.3. The number of thiocarbonyl (C=S) groups is 1. The van der Waals surface area contributed by atoms with Crippen LogP contribution in [-0.2, 0) is 0 Å². The van der Waals surface area contributed by atoms with E-state index in [9.17, 15) is 0 Å². The van der Waals surface area contributed by atoms with Crippen LogP contribution in [0.5, 0.6) is 0 Å². The lowest BCUT2D eigenvalue weighted by molar-refractivity contribution is 0.153. The first-order valence-electron chi connectivity index (χ1n) is 6.44. The number of hydrazine groups is 2. The van der Waals surface area contributed by atoms with Gasteiger partial charge in [-0.15, -0.1) is 0 Å². The summed E-state index contributed by atoms with van der Waals surface area (Å²) >= 11 is 5.26. The van der Waals surface area contributed by atoms with E-state index in [1.807, 2.05) is 12.3 Å². The summed E-state index contributed by atoms with van der Waals surface area (Å²) in [6.07, 6.45) is 5.31. The molecule has 0 spiro atoms. The molecule has 0 bridgehead atoms. The first kappa shape index (κ1) is 11.2. The standard InChI is InChI=1S/C13H15N5S/c19-13-15-14-12-11-8-10(9-4-2-1-3-5-9)16-18(11)7-6-17(12)13/h1-7,10-12,14,16H,8H2,(H,15,19). The minimum atomic E-state index is 0.193. The van der Waals surface area contributed by atoms with Gasteiger partial charge in [-0.1, -0.05) is 30.3 Å². The average Bonchev–Trinajstić information content (AvgIpc) is 3.03. The molecule has 6 heteroatoms. The zero-order chi connectivity index (χ0) is 12.8. The van der Waals surface area contributed by atoms with Gasteiger partial charge in [0.25, 0.3) is 0 Å². The normalized spacial score (nSPS) is 32.2. The van der Waals surface area contributed by atoms with E-state index in [2.05, 4.69) is 56.7 Å². The summed E-state index contributed by atoms with van der Waals surface area (Å²) in [5.74, 6) is 0. The second-order valence-electron chi connectivity index (χ2n) is 5.03. The van der Waals surface area contributed by atoms with Crippen LogP contribution < -0.4 is 16.3 Å². The number of hydrogen-bond donors (Lipinski definition) is 3. The number of nitrogens with zero attached hydrogens (tertiary/aromatic N) is 2. The topological polar surface area (TPSA) is 42.6 Å². The second kappa shape index (κ2) is 4.19. The van der Waals surface area contributed by atoms with Gasteiger partial charge >= 0.3 is 0 Å². The molecule has 19 heavy (non-hydrogen) atoms. The van der Waals surface area contributed by atoms with Gasteiger partial charge in [0.15, 0.2) is 5.11 Å². The van der Waals surface area contributed by atoms with Gasteiger partial charge < -0.3 is 9.91 Å². The van der Waals surface area contributed by atoms with Crippen LogP contribution in [0.1, 0.15) is 18.0 Å². The molecule has 3 heterocycles. The van der Waals surface area contributed by atoms with E-state index in [1.54, 1.807) is 0 Å². The lowest BCUT2D eigenvalue weighted by atomic mass is 10.00. The predicted molar refractivity (Wildman–Crippen MR) is 76.2 cm³/mol. The van der Waals surface area contributed by atoms with E-state index in [4.69, 9.17) is 12.2 Å². The van der Waals surface area contributed by atoms with Gasteiger partial charge in [0.1, 0.15) is 6.17 Å². The summed E-state index contributed by atoms with van der Waals surface area (Å²) in [6.45, 7) is 0. The van der Waals surface area contributed by atoms with Gasteiger partial charge in [0.05, 0.1) is 12.1 Å². The molecule has 3 N–H and O–H groups in total. The van der Waals surface area contributed by atoms with Crippen molar-refractivity contribution >= 4 is 17.3 Å². The highest BCUT2D eigenvalue weighted by Gasteiger charge is 2.44. The molecule has 0 aliphatic carbocycles. The van der Waals surface area contributed by atoms with Crippen molar-refractivity contribution in [3.63, 3.8) is 0 Å². The van der Waals surface area contributed by atoms with E-state index < -0.39 is 0 Å². The summed E-state index contributed by atoms with van der Waals surface area (Å²) in [5, 5.41) is 2.92. The van der Waals surface area contributed by atoms with Crippen LogP contribution in [0.4, 0.5) is 0 Å². The first-order valence-corrected chi connectivity index (χ1v) is 6.85. The molecule has 0 saturated carbocycles. The third-order valence-corrected chi connectivity index (χ3v) is 4.27. The van der Waals surface area contributed by atoms with Crippen molar-refractivity contribution in [3.8, 4) is 0 Å². The Morgan fingerprint density at radius 1 is 1.16 bits per heavy atom. The zero-order valence-corrected chi connectivity index (χ0v) is 11.1. The Bertz CT molecular complexity index is 531. The largest absolute Gasteiger partial charge is 0.307 e. The lowest BCUT2D eigenvalue weighted by Crippen LogP contribution is -2.53. The molecule has 1 aromatic rings. The van der Waals surface area contributed by atoms with Crippen molar-refractivity contribution in [2.45, 2.75) is 24.7 Å². The van der Waals surface area contributed by atoms with E-state index in [0.717, 1.165) is 11.5 Å². The fraction of sp³-hybridized carbons (Fsp3) is 0.308. The highest BCUT2D eigenvalue weighted by molar-refractivity contribution is 7.80. The van der Waals surface area contributed by atoms with Crippen molar-refractivity contribution in [2.24, 2.45) is 0 Å². The van der Waals surface area contributed by atoms with Crippen LogP contribution in [-0.4, -0.2) is 27.2 Å². The molecule has 1 aromatic carbocycles. The van der Waals surface area contributed by atoms with Crippen LogP contribution >= 0.6 is 12.2 Å². The number of hydrogen-bond acceptors (Lipinski definition) is 4. The Balaban J connectivity index is 1.59. The van der Waals surface area contributed by atoms with Crippen molar-refractivity contribution in [1.82, 2.24) is 26.2 Å². The van der Waals surface area contributed by atoms with Gasteiger partial charge in [-0.3, -0.25) is 5.43 Å². The third kappa shape index (κ3) is 1.72. The van der Waals surface area contributed by atoms with Gasteiger partial charge in [-0.2, -0.15) is 0 Å². The number of fused-ring (bicyclic) bond motifs is 3. The first-order chi connectivity index (χ1) is 9.33. The molecular weight excluding hydrogens is 258 g/mol. The molecule has 0 aromatic heterocycles. The summed E-state index contributed by atoms with van der Waals surface area (Å²) in [4.78, 5) is 2.07. The van der Waals surface area contributed by atoms with E-state index in [0.29, 0.717) is 12.1 Å². The van der Waals surface area contributed by atoms with Gasteiger partial charge in [0.2, 0.25) is 0 Å². The minimum absolute atomic E-state index is 0.193. The van der Waals surface area contributed by atoms with Gasteiger partial charge in [-0.05, 0) is 24.2 Å². The number of rotatable bonds is 1. The molecule has 98 valence electrons. The third-order valence-electron chi connectivity index (χ3n) is 3.95. The molecule has 4 rings (SSSR count). The predicted octanol–water partition coefficient (Wildman–Crippen LogP) is 0.812. The maximum absolute atomic E-state index is 5.26. The van der Waals surface area contributed by atoms with Crippen LogP contribution in [0.25, 0.3) is 0 Å². The molecule has 0 amide bonds. The molecule has 3 unspecified atom stereocenters. The molecule has 3 aliphatic rings. The van der Waals surface area contributed by atoms with Crippen molar-refractivity contribution in [1.29, 1.82) is 0 Å². The Labute approximate surface area is 117 Å². The highest BCUT2D eigenvalue weighted by atomic mass is 32.1. The molecule has 0 radical (unpaired) electrons. The van der Waals surface area contributed by atoms with Crippen molar-refractivity contribution in [2.75, 3.05) is 0 Å². The monoisotopic (exact) mass is 273 g/mol. The molecular formula is C13H15N5S. The molecule has 2 saturated heterocycles. The highest BCUT2D eigenvalue weighted by Crippen LogP contribution is 2.33. The average molecular weight is 273 g/mol.